The highest BCUT2D eigenvalue weighted by molar-refractivity contribution is 6.00. The van der Waals surface area contributed by atoms with Crippen molar-refractivity contribution < 1.29 is 19.2 Å². The van der Waals surface area contributed by atoms with Gasteiger partial charge in [0, 0.05) is 17.8 Å². The summed E-state index contributed by atoms with van der Waals surface area (Å²) in [6.07, 6.45) is 8.68. The Balaban J connectivity index is 1.52. The maximum Gasteiger partial charge on any atom is 0.274 e. The zero-order valence-corrected chi connectivity index (χ0v) is 14.3. The van der Waals surface area contributed by atoms with Gasteiger partial charge in [0.1, 0.15) is 5.82 Å². The van der Waals surface area contributed by atoms with E-state index in [1.165, 1.54) is 12.1 Å². The van der Waals surface area contributed by atoms with Crippen LogP contribution < -0.4 is 10.4 Å². The van der Waals surface area contributed by atoms with E-state index in [0.717, 1.165) is 25.7 Å². The predicted octanol–water partition coefficient (Wildman–Crippen LogP) is 2.97. The quantitative estimate of drug-likeness (QED) is 0.632. The number of hydroxylamine groups is 1. The van der Waals surface area contributed by atoms with Gasteiger partial charge in [0.15, 0.2) is 0 Å². The van der Waals surface area contributed by atoms with E-state index >= 15 is 0 Å². The molecule has 0 radical (unpaired) electrons. The Bertz CT molecular complexity index is 819. The molecule has 1 saturated heterocycles. The van der Waals surface area contributed by atoms with Gasteiger partial charge in [0.05, 0.1) is 5.41 Å². The highest BCUT2D eigenvalue weighted by Gasteiger charge is 2.51. The van der Waals surface area contributed by atoms with Gasteiger partial charge in [-0.3, -0.25) is 14.8 Å². The molecule has 1 saturated carbocycles. The average molecular weight is 356 g/mol. The minimum absolute atomic E-state index is 0.0813. The van der Waals surface area contributed by atoms with E-state index in [0.29, 0.717) is 17.8 Å². The molecule has 26 heavy (non-hydrogen) atoms. The number of benzene rings is 1. The molecule has 0 aromatic heterocycles. The second-order valence-corrected chi connectivity index (χ2v) is 7.46. The second kappa shape index (κ2) is 6.36. The summed E-state index contributed by atoms with van der Waals surface area (Å²) < 4.78 is 13.5. The maximum absolute atomic E-state index is 13.5. The van der Waals surface area contributed by atoms with E-state index < -0.39 is 11.3 Å². The van der Waals surface area contributed by atoms with Crippen LogP contribution in [0.25, 0.3) is 0 Å². The van der Waals surface area contributed by atoms with Crippen LogP contribution in [0.4, 0.5) is 10.1 Å². The van der Waals surface area contributed by atoms with Crippen LogP contribution in [0.1, 0.15) is 25.7 Å². The van der Waals surface area contributed by atoms with E-state index in [2.05, 4.69) is 0 Å². The largest absolute Gasteiger partial charge is 0.312 e. The average Bonchev–Trinajstić information content (AvgIpc) is 2.96. The van der Waals surface area contributed by atoms with Gasteiger partial charge >= 0.3 is 0 Å². The lowest BCUT2D eigenvalue weighted by molar-refractivity contribution is -0.128. The third-order valence-electron chi connectivity index (χ3n) is 6.05. The van der Waals surface area contributed by atoms with Crippen LogP contribution in [-0.4, -0.2) is 23.6 Å². The van der Waals surface area contributed by atoms with Crippen molar-refractivity contribution in [3.63, 3.8) is 0 Å². The summed E-state index contributed by atoms with van der Waals surface area (Å²) in [5, 5.41) is 8.79. The van der Waals surface area contributed by atoms with Crippen molar-refractivity contribution in [2.24, 2.45) is 17.3 Å². The first kappa shape index (κ1) is 17.0. The molecular formula is C20H21FN2O3. The van der Waals surface area contributed by atoms with Crippen molar-refractivity contribution in [2.75, 3.05) is 11.4 Å². The van der Waals surface area contributed by atoms with Crippen LogP contribution in [0.5, 0.6) is 0 Å². The van der Waals surface area contributed by atoms with Crippen molar-refractivity contribution >= 4 is 17.5 Å². The standard InChI is InChI=1S/C20H21FN2O3/c21-16-2-1-3-17(11-16)23-9-8-20(19(23)25)7-6-13-10-14(18(24)22-26)4-5-15(13)12-20/h1-5,10-11,13,15,26H,6-9,12H2,(H,22,24)/t13?,15?,20-/m0/s1. The predicted molar refractivity (Wildman–Crippen MR) is 93.8 cm³/mol. The normalized spacial score (nSPS) is 30.3. The number of hydrogen-bond donors (Lipinski definition) is 2. The van der Waals surface area contributed by atoms with Gasteiger partial charge in [-0.05, 0) is 55.7 Å². The van der Waals surface area contributed by atoms with E-state index in [-0.39, 0.29) is 23.6 Å². The van der Waals surface area contributed by atoms with E-state index in [4.69, 9.17) is 5.21 Å². The molecule has 1 heterocycles. The molecule has 1 aliphatic heterocycles. The van der Waals surface area contributed by atoms with Crippen LogP contribution in [0.2, 0.25) is 0 Å². The van der Waals surface area contributed by atoms with Crippen molar-refractivity contribution in [1.29, 1.82) is 0 Å². The molecule has 1 aromatic carbocycles. The van der Waals surface area contributed by atoms with Crippen LogP contribution in [0.3, 0.4) is 0 Å². The highest BCUT2D eigenvalue weighted by Crippen LogP contribution is 2.51. The van der Waals surface area contributed by atoms with E-state index in [1.807, 2.05) is 12.2 Å². The number of allylic oxidation sites excluding steroid dienone is 2. The first-order valence-electron chi connectivity index (χ1n) is 8.94. The Morgan fingerprint density at radius 1 is 1.31 bits per heavy atom. The van der Waals surface area contributed by atoms with Crippen LogP contribution >= 0.6 is 0 Å². The lowest BCUT2D eigenvalue weighted by atomic mass is 9.63. The number of rotatable bonds is 2. The minimum Gasteiger partial charge on any atom is -0.312 e. The zero-order valence-electron chi connectivity index (χ0n) is 14.3. The summed E-state index contributed by atoms with van der Waals surface area (Å²) in [6.45, 7) is 0.609. The smallest absolute Gasteiger partial charge is 0.274 e. The molecule has 3 atom stereocenters. The number of nitrogens with zero attached hydrogens (tertiary/aromatic N) is 1. The van der Waals surface area contributed by atoms with Crippen molar-refractivity contribution in [2.45, 2.75) is 25.7 Å². The fourth-order valence-electron chi connectivity index (χ4n) is 4.64. The fourth-order valence-corrected chi connectivity index (χ4v) is 4.64. The molecule has 1 spiro atoms. The van der Waals surface area contributed by atoms with Gasteiger partial charge in [-0.1, -0.05) is 24.3 Å². The van der Waals surface area contributed by atoms with E-state index in [9.17, 15) is 14.0 Å². The Morgan fingerprint density at radius 2 is 2.15 bits per heavy atom. The third kappa shape index (κ3) is 2.74. The van der Waals surface area contributed by atoms with Crippen molar-refractivity contribution in [3.05, 3.63) is 53.9 Å². The topological polar surface area (TPSA) is 69.6 Å². The summed E-state index contributed by atoms with van der Waals surface area (Å²) >= 11 is 0. The fraction of sp³-hybridized carbons (Fsp3) is 0.400. The number of fused-ring (bicyclic) bond motifs is 1. The molecule has 2 aliphatic carbocycles. The number of nitrogens with one attached hydrogen (secondary N) is 1. The third-order valence-corrected chi connectivity index (χ3v) is 6.05. The molecule has 2 amide bonds. The first-order chi connectivity index (χ1) is 12.5. The monoisotopic (exact) mass is 356 g/mol. The Kier molecular flexibility index (Phi) is 4.15. The number of halogens is 1. The number of carbonyl (C=O) groups excluding carboxylic acids is 2. The second-order valence-electron chi connectivity index (χ2n) is 7.46. The number of amides is 2. The molecule has 6 heteroatoms. The Labute approximate surface area is 151 Å². The molecule has 5 nitrogen and oxygen atoms in total. The first-order valence-corrected chi connectivity index (χ1v) is 8.94. The minimum atomic E-state index is -0.505. The lowest BCUT2D eigenvalue weighted by Crippen LogP contribution is -2.41. The molecule has 2 unspecified atom stereocenters. The lowest BCUT2D eigenvalue weighted by Gasteiger charge is -2.40. The summed E-state index contributed by atoms with van der Waals surface area (Å²) in [6, 6.07) is 6.19. The van der Waals surface area contributed by atoms with E-state index in [1.54, 1.807) is 28.6 Å². The molecule has 3 aliphatic rings. The van der Waals surface area contributed by atoms with Gasteiger partial charge in [-0.25, -0.2) is 9.87 Å². The molecule has 2 fully saturated rings. The van der Waals surface area contributed by atoms with Crippen LogP contribution in [0.15, 0.2) is 48.1 Å². The maximum atomic E-state index is 13.5. The Hall–Kier alpha value is -2.47. The summed E-state index contributed by atoms with van der Waals surface area (Å²) in [5.41, 5.74) is 2.35. The van der Waals surface area contributed by atoms with Gasteiger partial charge in [-0.2, -0.15) is 0 Å². The summed E-state index contributed by atoms with van der Waals surface area (Å²) in [4.78, 5) is 26.5. The van der Waals surface area contributed by atoms with Crippen molar-refractivity contribution in [3.8, 4) is 0 Å². The van der Waals surface area contributed by atoms with Gasteiger partial charge in [-0.15, -0.1) is 0 Å². The SMILES string of the molecule is O=C(NO)C1=CC2CC[C@]3(CCN(c4cccc(F)c4)C3=O)CC2C=C1. The zero-order chi connectivity index (χ0) is 18.3. The van der Waals surface area contributed by atoms with Gasteiger partial charge < -0.3 is 4.90 Å². The molecular weight excluding hydrogens is 335 g/mol. The highest BCUT2D eigenvalue weighted by atomic mass is 19.1. The number of anilines is 1. The van der Waals surface area contributed by atoms with Gasteiger partial charge in [0.25, 0.3) is 5.91 Å². The van der Waals surface area contributed by atoms with Crippen LogP contribution in [0, 0.1) is 23.1 Å². The molecule has 4 rings (SSSR count). The van der Waals surface area contributed by atoms with Gasteiger partial charge in [0.2, 0.25) is 5.91 Å². The molecule has 0 bridgehead atoms. The van der Waals surface area contributed by atoms with Crippen LogP contribution in [-0.2, 0) is 9.59 Å². The van der Waals surface area contributed by atoms with Crippen molar-refractivity contribution in [1.82, 2.24) is 5.48 Å². The Morgan fingerprint density at radius 3 is 2.92 bits per heavy atom. The molecule has 136 valence electrons. The summed E-state index contributed by atoms with van der Waals surface area (Å²) in [5.74, 6) is -0.355. The molecule has 2 N–H and O–H groups in total. The number of hydrogen-bond acceptors (Lipinski definition) is 3. The summed E-state index contributed by atoms with van der Waals surface area (Å²) in [7, 11) is 0. The molecule has 1 aromatic rings. The number of carbonyl (C=O) groups is 2.